The van der Waals surface area contributed by atoms with Crippen molar-refractivity contribution in [2.75, 3.05) is 11.9 Å². The zero-order valence-electron chi connectivity index (χ0n) is 17.6. The highest BCUT2D eigenvalue weighted by Gasteiger charge is 2.36. The number of hydrogen-bond acceptors (Lipinski definition) is 5. The van der Waals surface area contributed by atoms with Gasteiger partial charge in [-0.15, -0.1) is 0 Å². The minimum atomic E-state index is -4.25. The highest BCUT2D eigenvalue weighted by Crippen LogP contribution is 2.39. The molecule has 0 bridgehead atoms. The van der Waals surface area contributed by atoms with E-state index in [1.54, 1.807) is 48.7 Å². The number of anilines is 2. The topological polar surface area (TPSA) is 60.5 Å². The number of pyridine rings is 1. The van der Waals surface area contributed by atoms with Crippen molar-refractivity contribution in [3.63, 3.8) is 0 Å². The molecule has 2 aromatic carbocycles. The standard InChI is InChI=1S/C25H21F3N2O3/c26-25(27,28)10-9-15-7-8-19-17(12-15)18(13-16-4-3-11-29-24(16)30-19)23(31)22-14-32-20-5-1-2-6-21(20)33-22/h1-8,11-12,18,22H,9-10,13-14H2,(H,29,30)/t18?,22-/m1/s1. The van der Waals surface area contributed by atoms with Crippen LogP contribution in [0.3, 0.4) is 0 Å². The number of hydrogen-bond donors (Lipinski definition) is 1. The zero-order valence-corrected chi connectivity index (χ0v) is 17.6. The van der Waals surface area contributed by atoms with Gasteiger partial charge in [0.15, 0.2) is 23.4 Å². The number of carbonyl (C=O) groups is 1. The Morgan fingerprint density at radius 2 is 1.91 bits per heavy atom. The molecule has 1 N–H and O–H groups in total. The highest BCUT2D eigenvalue weighted by atomic mass is 19.4. The second-order valence-electron chi connectivity index (χ2n) is 8.20. The van der Waals surface area contributed by atoms with Gasteiger partial charge in [0.05, 0.1) is 5.92 Å². The number of Topliss-reactive ketones (excluding diaryl/α,β-unsaturated/α-hetero) is 1. The molecule has 2 aliphatic heterocycles. The van der Waals surface area contributed by atoms with Crippen LogP contribution in [0.5, 0.6) is 11.5 Å². The Balaban J connectivity index is 1.49. The maximum Gasteiger partial charge on any atom is 0.389 e. The fourth-order valence-electron chi connectivity index (χ4n) is 4.27. The van der Waals surface area contributed by atoms with Gasteiger partial charge in [-0.05, 0) is 53.8 Å². The Bertz CT molecular complexity index is 1200. The molecule has 2 aliphatic rings. The van der Waals surface area contributed by atoms with Crippen molar-refractivity contribution in [1.29, 1.82) is 0 Å². The molecule has 170 valence electrons. The first-order valence-electron chi connectivity index (χ1n) is 10.7. The number of carbonyl (C=O) groups excluding carboxylic acids is 1. The van der Waals surface area contributed by atoms with Crippen molar-refractivity contribution in [3.05, 3.63) is 77.5 Å². The molecule has 3 heterocycles. The zero-order chi connectivity index (χ0) is 23.0. The maximum absolute atomic E-state index is 13.7. The SMILES string of the molecule is O=C(C1Cc2cccnc2Nc2ccc(CCC(F)(F)F)cc21)[C@H]1COc2ccccc2O1. The number of ketones is 1. The summed E-state index contributed by atoms with van der Waals surface area (Å²) >= 11 is 0. The number of ether oxygens (including phenoxy) is 2. The Labute approximate surface area is 188 Å². The quantitative estimate of drug-likeness (QED) is 0.575. The summed E-state index contributed by atoms with van der Waals surface area (Å²) in [4.78, 5) is 18.1. The molecule has 0 fully saturated rings. The molecule has 5 nitrogen and oxygen atoms in total. The number of nitrogens with one attached hydrogen (secondary N) is 1. The summed E-state index contributed by atoms with van der Waals surface area (Å²) in [5.41, 5.74) is 2.66. The molecule has 0 spiro atoms. The lowest BCUT2D eigenvalue weighted by molar-refractivity contribution is -0.134. The lowest BCUT2D eigenvalue weighted by atomic mass is 9.85. The fourth-order valence-corrected chi connectivity index (χ4v) is 4.27. The van der Waals surface area contributed by atoms with Crippen LogP contribution in [0.15, 0.2) is 60.8 Å². The monoisotopic (exact) mass is 454 g/mol. The number of halogens is 3. The number of para-hydroxylation sites is 2. The molecule has 0 aliphatic carbocycles. The molecule has 3 aromatic rings. The summed E-state index contributed by atoms with van der Waals surface area (Å²) in [5.74, 6) is 0.895. The molecule has 5 rings (SSSR count). The van der Waals surface area contributed by atoms with E-state index < -0.39 is 24.6 Å². The smallest absolute Gasteiger partial charge is 0.389 e. The summed E-state index contributed by atoms with van der Waals surface area (Å²) in [7, 11) is 0. The van der Waals surface area contributed by atoms with E-state index in [1.807, 2.05) is 12.1 Å². The molecular formula is C25H21F3N2O3. The molecule has 2 atom stereocenters. The average Bonchev–Trinajstić information content (AvgIpc) is 2.98. The first-order chi connectivity index (χ1) is 15.9. The van der Waals surface area contributed by atoms with E-state index in [1.165, 1.54) is 0 Å². The van der Waals surface area contributed by atoms with Gasteiger partial charge in [-0.1, -0.05) is 30.3 Å². The summed E-state index contributed by atoms with van der Waals surface area (Å²) < 4.78 is 50.1. The molecule has 0 amide bonds. The van der Waals surface area contributed by atoms with E-state index in [-0.39, 0.29) is 18.8 Å². The van der Waals surface area contributed by atoms with E-state index in [2.05, 4.69) is 10.3 Å². The van der Waals surface area contributed by atoms with Gasteiger partial charge in [0.1, 0.15) is 12.4 Å². The second kappa shape index (κ2) is 8.42. The first kappa shape index (κ1) is 21.3. The number of aromatic nitrogens is 1. The van der Waals surface area contributed by atoms with Crippen LogP contribution in [-0.4, -0.2) is 29.7 Å². The fraction of sp³-hybridized carbons (Fsp3) is 0.280. The van der Waals surface area contributed by atoms with E-state index in [0.717, 1.165) is 5.56 Å². The van der Waals surface area contributed by atoms with Crippen LogP contribution in [0.4, 0.5) is 24.7 Å². The van der Waals surface area contributed by atoms with Crippen LogP contribution in [0.25, 0.3) is 0 Å². The third-order valence-electron chi connectivity index (χ3n) is 5.93. The van der Waals surface area contributed by atoms with Crippen molar-refractivity contribution in [2.45, 2.75) is 37.5 Å². The van der Waals surface area contributed by atoms with Crippen LogP contribution in [0.1, 0.15) is 29.0 Å². The Hall–Kier alpha value is -3.55. The van der Waals surface area contributed by atoms with Crippen molar-refractivity contribution >= 4 is 17.3 Å². The van der Waals surface area contributed by atoms with E-state index in [4.69, 9.17) is 9.47 Å². The van der Waals surface area contributed by atoms with Gasteiger partial charge in [-0.3, -0.25) is 4.79 Å². The van der Waals surface area contributed by atoms with Crippen LogP contribution in [0.2, 0.25) is 0 Å². The lowest BCUT2D eigenvalue weighted by Gasteiger charge is -2.28. The number of fused-ring (bicyclic) bond motifs is 3. The molecule has 0 radical (unpaired) electrons. The van der Waals surface area contributed by atoms with Crippen molar-refractivity contribution in [3.8, 4) is 11.5 Å². The normalized spacial score (nSPS) is 19.0. The van der Waals surface area contributed by atoms with Crippen LogP contribution in [0, 0.1) is 0 Å². The van der Waals surface area contributed by atoms with Gasteiger partial charge in [0.2, 0.25) is 0 Å². The number of aryl methyl sites for hydroxylation is 1. The number of nitrogens with zero attached hydrogens (tertiary/aromatic N) is 1. The first-order valence-corrected chi connectivity index (χ1v) is 10.7. The summed E-state index contributed by atoms with van der Waals surface area (Å²) in [5, 5.41) is 3.25. The van der Waals surface area contributed by atoms with Gasteiger partial charge in [-0.25, -0.2) is 4.98 Å². The van der Waals surface area contributed by atoms with E-state index >= 15 is 0 Å². The molecule has 0 saturated heterocycles. The summed E-state index contributed by atoms with van der Waals surface area (Å²) in [6, 6.07) is 15.9. The highest BCUT2D eigenvalue weighted by molar-refractivity contribution is 5.93. The van der Waals surface area contributed by atoms with Gasteiger partial charge in [0, 0.05) is 18.3 Å². The van der Waals surface area contributed by atoms with Gasteiger partial charge in [-0.2, -0.15) is 13.2 Å². The third-order valence-corrected chi connectivity index (χ3v) is 5.93. The lowest BCUT2D eigenvalue weighted by Crippen LogP contribution is -2.40. The molecule has 8 heteroatoms. The van der Waals surface area contributed by atoms with Crippen molar-refractivity contribution in [2.24, 2.45) is 0 Å². The molecule has 0 saturated carbocycles. The summed E-state index contributed by atoms with van der Waals surface area (Å²) in [6.45, 7) is 0.0722. The van der Waals surface area contributed by atoms with Gasteiger partial charge >= 0.3 is 6.18 Å². The van der Waals surface area contributed by atoms with Crippen molar-refractivity contribution in [1.82, 2.24) is 4.98 Å². The van der Waals surface area contributed by atoms with Gasteiger partial charge < -0.3 is 14.8 Å². The van der Waals surface area contributed by atoms with E-state index in [0.29, 0.717) is 40.6 Å². The van der Waals surface area contributed by atoms with Crippen molar-refractivity contribution < 1.29 is 27.4 Å². The Morgan fingerprint density at radius 3 is 2.73 bits per heavy atom. The third kappa shape index (κ3) is 4.51. The number of benzene rings is 2. The van der Waals surface area contributed by atoms with Crippen LogP contribution < -0.4 is 14.8 Å². The maximum atomic E-state index is 13.7. The predicted molar refractivity (Wildman–Crippen MR) is 116 cm³/mol. The average molecular weight is 454 g/mol. The molecule has 1 unspecified atom stereocenters. The minimum Gasteiger partial charge on any atom is -0.485 e. The van der Waals surface area contributed by atoms with Crippen LogP contribution >= 0.6 is 0 Å². The summed E-state index contributed by atoms with van der Waals surface area (Å²) in [6.07, 6.45) is -4.14. The number of rotatable bonds is 4. The second-order valence-corrected chi connectivity index (χ2v) is 8.20. The predicted octanol–water partition coefficient (Wildman–Crippen LogP) is 5.37. The Kier molecular flexibility index (Phi) is 5.44. The molecular weight excluding hydrogens is 433 g/mol. The van der Waals surface area contributed by atoms with E-state index in [9.17, 15) is 18.0 Å². The van der Waals surface area contributed by atoms with Gasteiger partial charge in [0.25, 0.3) is 0 Å². The molecule has 1 aromatic heterocycles. The van der Waals surface area contributed by atoms with Crippen LogP contribution in [-0.2, 0) is 17.6 Å². The molecule has 33 heavy (non-hydrogen) atoms. The largest absolute Gasteiger partial charge is 0.485 e. The minimum absolute atomic E-state index is 0.0722. The Morgan fingerprint density at radius 1 is 1.09 bits per heavy atom. The number of alkyl halides is 3.